The zero-order chi connectivity index (χ0) is 16.3. The Bertz CT molecular complexity index is 411. The fraction of sp³-hybridized carbons (Fsp3) is 0.875. The highest BCUT2D eigenvalue weighted by molar-refractivity contribution is 5.79. The first kappa shape index (κ1) is 17.1. The van der Waals surface area contributed by atoms with Gasteiger partial charge in [0.1, 0.15) is 5.60 Å². The average molecular weight is 311 g/mol. The number of rotatable bonds is 3. The van der Waals surface area contributed by atoms with Crippen molar-refractivity contribution in [3.8, 4) is 0 Å². The molecule has 1 atom stereocenters. The van der Waals surface area contributed by atoms with Gasteiger partial charge in [-0.3, -0.25) is 4.79 Å². The third-order valence-electron chi connectivity index (χ3n) is 4.32. The smallest absolute Gasteiger partial charge is 0.410 e. The van der Waals surface area contributed by atoms with Gasteiger partial charge in [0.05, 0.1) is 0 Å². The van der Waals surface area contributed by atoms with Gasteiger partial charge in [0.25, 0.3) is 0 Å². The molecule has 1 unspecified atom stereocenters. The normalized spacial score (nSPS) is 24.0. The molecule has 0 aliphatic carbocycles. The van der Waals surface area contributed by atoms with Gasteiger partial charge in [-0.2, -0.15) is 0 Å². The van der Waals surface area contributed by atoms with Crippen LogP contribution in [0.2, 0.25) is 0 Å². The fourth-order valence-electron chi connectivity index (χ4n) is 3.09. The number of amides is 2. The number of carbonyl (C=O) groups is 2. The lowest BCUT2D eigenvalue weighted by atomic mass is 9.93. The Labute approximate surface area is 132 Å². The third-order valence-corrected chi connectivity index (χ3v) is 4.32. The molecule has 0 aromatic rings. The zero-order valence-electron chi connectivity index (χ0n) is 14.0. The van der Waals surface area contributed by atoms with Crippen molar-refractivity contribution in [2.75, 3.05) is 26.2 Å². The molecule has 6 nitrogen and oxygen atoms in total. The Morgan fingerprint density at radius 1 is 1.32 bits per heavy atom. The van der Waals surface area contributed by atoms with E-state index in [1.165, 1.54) is 0 Å². The van der Waals surface area contributed by atoms with Crippen LogP contribution in [0, 0.1) is 5.92 Å². The van der Waals surface area contributed by atoms with Gasteiger partial charge in [0.15, 0.2) is 0 Å². The maximum Gasteiger partial charge on any atom is 0.410 e. The second-order valence-electron chi connectivity index (χ2n) is 7.50. The second-order valence-corrected chi connectivity index (χ2v) is 7.50. The standard InChI is InChI=1S/C16H29N3O3/c1-16(2,3)22-15(21)18-7-4-12(5-8-18)6-9-19-11-13(17)10-14(19)20/h12-13H,4-11,17H2,1-3H3. The summed E-state index contributed by atoms with van der Waals surface area (Å²) >= 11 is 0. The molecule has 126 valence electrons. The van der Waals surface area contributed by atoms with E-state index in [1.807, 2.05) is 25.7 Å². The molecule has 0 radical (unpaired) electrons. The Morgan fingerprint density at radius 2 is 1.95 bits per heavy atom. The molecule has 22 heavy (non-hydrogen) atoms. The van der Waals surface area contributed by atoms with Crippen LogP contribution in [-0.4, -0.2) is 59.6 Å². The number of likely N-dealkylation sites (tertiary alicyclic amines) is 2. The second kappa shape index (κ2) is 6.86. The number of ether oxygens (including phenoxy) is 1. The molecule has 2 N–H and O–H groups in total. The van der Waals surface area contributed by atoms with Crippen molar-refractivity contribution in [1.29, 1.82) is 0 Å². The van der Waals surface area contributed by atoms with Gasteiger partial charge in [0.2, 0.25) is 5.91 Å². The molecule has 2 aliphatic rings. The minimum absolute atomic E-state index is 0.00140. The van der Waals surface area contributed by atoms with E-state index >= 15 is 0 Å². The molecule has 0 aromatic heterocycles. The highest BCUT2D eigenvalue weighted by atomic mass is 16.6. The molecule has 2 rings (SSSR count). The number of nitrogens with zero attached hydrogens (tertiary/aromatic N) is 2. The van der Waals surface area contributed by atoms with Gasteiger partial charge >= 0.3 is 6.09 Å². The van der Waals surface area contributed by atoms with E-state index < -0.39 is 5.60 Å². The van der Waals surface area contributed by atoms with Gasteiger partial charge in [0, 0.05) is 38.6 Å². The predicted molar refractivity (Wildman–Crippen MR) is 84.3 cm³/mol. The summed E-state index contributed by atoms with van der Waals surface area (Å²) < 4.78 is 5.40. The maximum absolute atomic E-state index is 12.0. The summed E-state index contributed by atoms with van der Waals surface area (Å²) in [4.78, 5) is 27.4. The van der Waals surface area contributed by atoms with E-state index in [2.05, 4.69) is 0 Å². The molecule has 2 aliphatic heterocycles. The van der Waals surface area contributed by atoms with E-state index in [0.717, 1.165) is 38.9 Å². The molecule has 2 saturated heterocycles. The van der Waals surface area contributed by atoms with Crippen molar-refractivity contribution in [1.82, 2.24) is 9.80 Å². The first-order valence-electron chi connectivity index (χ1n) is 8.26. The van der Waals surface area contributed by atoms with Gasteiger partial charge in [-0.05, 0) is 46.0 Å². The van der Waals surface area contributed by atoms with E-state index in [4.69, 9.17) is 10.5 Å². The molecule has 2 amide bonds. The van der Waals surface area contributed by atoms with Gasteiger partial charge in [-0.25, -0.2) is 4.79 Å². The molecule has 0 aromatic carbocycles. The van der Waals surface area contributed by atoms with Crippen LogP contribution in [0.1, 0.15) is 46.5 Å². The predicted octanol–water partition coefficient (Wildman–Crippen LogP) is 1.58. The van der Waals surface area contributed by atoms with Crippen LogP contribution in [0.3, 0.4) is 0 Å². The van der Waals surface area contributed by atoms with Crippen molar-refractivity contribution in [2.24, 2.45) is 11.7 Å². The summed E-state index contributed by atoms with van der Waals surface area (Å²) in [6.07, 6.45) is 3.23. The third kappa shape index (κ3) is 4.87. The number of hydrogen-bond acceptors (Lipinski definition) is 4. The molecule has 6 heteroatoms. The van der Waals surface area contributed by atoms with Crippen LogP contribution in [0.25, 0.3) is 0 Å². The van der Waals surface area contributed by atoms with Crippen LogP contribution in [0.4, 0.5) is 4.79 Å². The number of nitrogens with two attached hydrogens (primary N) is 1. The van der Waals surface area contributed by atoms with E-state index in [1.54, 1.807) is 4.90 Å². The lowest BCUT2D eigenvalue weighted by Crippen LogP contribution is -2.42. The van der Waals surface area contributed by atoms with Gasteiger partial charge < -0.3 is 20.3 Å². The zero-order valence-corrected chi connectivity index (χ0v) is 14.0. The Kier molecular flexibility index (Phi) is 5.32. The highest BCUT2D eigenvalue weighted by Crippen LogP contribution is 2.23. The van der Waals surface area contributed by atoms with Crippen molar-refractivity contribution in [3.63, 3.8) is 0 Å². The fourth-order valence-corrected chi connectivity index (χ4v) is 3.09. The van der Waals surface area contributed by atoms with Crippen LogP contribution in [-0.2, 0) is 9.53 Å². The highest BCUT2D eigenvalue weighted by Gasteiger charge is 2.29. The summed E-state index contributed by atoms with van der Waals surface area (Å²) in [7, 11) is 0. The monoisotopic (exact) mass is 311 g/mol. The van der Waals surface area contributed by atoms with E-state index in [9.17, 15) is 9.59 Å². The summed E-state index contributed by atoms with van der Waals surface area (Å²) in [6.45, 7) is 8.62. The van der Waals surface area contributed by atoms with Crippen LogP contribution >= 0.6 is 0 Å². The van der Waals surface area contributed by atoms with E-state index in [0.29, 0.717) is 18.9 Å². The minimum atomic E-state index is -0.442. The van der Waals surface area contributed by atoms with Crippen LogP contribution < -0.4 is 5.73 Å². The van der Waals surface area contributed by atoms with Crippen molar-refractivity contribution in [3.05, 3.63) is 0 Å². The summed E-state index contributed by atoms with van der Waals surface area (Å²) in [5, 5.41) is 0. The molecule has 0 bridgehead atoms. The van der Waals surface area contributed by atoms with Crippen LogP contribution in [0.5, 0.6) is 0 Å². The quantitative estimate of drug-likeness (QED) is 0.858. The maximum atomic E-state index is 12.0. The SMILES string of the molecule is CC(C)(C)OC(=O)N1CCC(CCN2CC(N)CC2=O)CC1. The first-order valence-corrected chi connectivity index (χ1v) is 8.26. The Hall–Kier alpha value is -1.30. The van der Waals surface area contributed by atoms with Crippen molar-refractivity contribution >= 4 is 12.0 Å². The van der Waals surface area contributed by atoms with Gasteiger partial charge in [-0.15, -0.1) is 0 Å². The molecular formula is C16H29N3O3. The number of carbonyl (C=O) groups excluding carboxylic acids is 2. The molecular weight excluding hydrogens is 282 g/mol. The van der Waals surface area contributed by atoms with Gasteiger partial charge in [-0.1, -0.05) is 0 Å². The number of piperidine rings is 1. The minimum Gasteiger partial charge on any atom is -0.444 e. The summed E-state index contributed by atoms with van der Waals surface area (Å²) in [5.74, 6) is 0.752. The first-order chi connectivity index (χ1) is 10.2. The lowest BCUT2D eigenvalue weighted by Gasteiger charge is -2.34. The molecule has 2 fully saturated rings. The van der Waals surface area contributed by atoms with E-state index in [-0.39, 0.29) is 18.0 Å². The Morgan fingerprint density at radius 3 is 2.45 bits per heavy atom. The lowest BCUT2D eigenvalue weighted by molar-refractivity contribution is -0.127. The topological polar surface area (TPSA) is 75.9 Å². The van der Waals surface area contributed by atoms with Crippen LogP contribution in [0.15, 0.2) is 0 Å². The molecule has 0 saturated carbocycles. The summed E-state index contributed by atoms with van der Waals surface area (Å²) in [5.41, 5.74) is 5.36. The summed E-state index contributed by atoms with van der Waals surface area (Å²) in [6, 6.07) is 0.00140. The average Bonchev–Trinajstić information content (AvgIpc) is 2.73. The largest absolute Gasteiger partial charge is 0.444 e. The van der Waals surface area contributed by atoms with Crippen molar-refractivity contribution < 1.29 is 14.3 Å². The number of hydrogen-bond donors (Lipinski definition) is 1. The molecule has 2 heterocycles. The van der Waals surface area contributed by atoms with Crippen molar-refractivity contribution in [2.45, 2.75) is 58.1 Å². The molecule has 0 spiro atoms. The Balaban J connectivity index is 1.69.